The summed E-state index contributed by atoms with van der Waals surface area (Å²) in [5.74, 6) is 2.11. The minimum Gasteiger partial charge on any atom is -0.291 e. The summed E-state index contributed by atoms with van der Waals surface area (Å²) in [6.07, 6.45) is 0. The largest absolute Gasteiger partial charge is 0.291 e. The summed E-state index contributed by atoms with van der Waals surface area (Å²) in [7, 11) is 0. The summed E-state index contributed by atoms with van der Waals surface area (Å²) >= 11 is 0. The molecule has 0 N–H and O–H groups in total. The van der Waals surface area contributed by atoms with Crippen LogP contribution in [0.2, 0.25) is 0 Å². The SMILES string of the molecule is CC1(C)c2ccccc2-c2ccc(N3C(=C4N(c5ccc6c(c5)C(C)(C)c5ccccc5-6)c5ccccc5N4c4ccc5c(c4)C(C)(C)c4ccccc4-5)N(c4ccc5c(c4)C(C)(C)c4ccccc4-5)c4ccccc43)cc21. The highest BCUT2D eigenvalue weighted by Crippen LogP contribution is 2.61. The Bertz CT molecular complexity index is 3770. The molecule has 0 amide bonds. The Labute approximate surface area is 458 Å². The summed E-state index contributed by atoms with van der Waals surface area (Å²) in [5, 5.41) is 0. The van der Waals surface area contributed by atoms with Crippen LogP contribution >= 0.6 is 0 Å². The third-order valence-electron chi connectivity index (χ3n) is 19.1. The molecule has 10 aromatic carbocycles. The molecule has 2 heterocycles. The highest BCUT2D eigenvalue weighted by atomic mass is 15.5. The molecule has 78 heavy (non-hydrogen) atoms. The average Bonchev–Trinajstić information content (AvgIpc) is 4.41. The molecule has 376 valence electrons. The second kappa shape index (κ2) is 15.4. The average molecular weight is 1010 g/mol. The summed E-state index contributed by atoms with van der Waals surface area (Å²) in [6, 6.07) is 83.2. The van der Waals surface area contributed by atoms with E-state index in [-0.39, 0.29) is 21.7 Å². The molecule has 0 aromatic heterocycles. The van der Waals surface area contributed by atoms with Crippen LogP contribution in [0, 0.1) is 0 Å². The molecule has 0 bridgehead atoms. The maximum absolute atomic E-state index is 2.59. The first-order valence-electron chi connectivity index (χ1n) is 27.8. The van der Waals surface area contributed by atoms with Gasteiger partial charge in [0, 0.05) is 44.4 Å². The molecule has 0 radical (unpaired) electrons. The first kappa shape index (κ1) is 45.3. The van der Waals surface area contributed by atoms with E-state index in [4.69, 9.17) is 0 Å². The fourth-order valence-electron chi connectivity index (χ4n) is 15.1. The van der Waals surface area contributed by atoms with Crippen LogP contribution in [0.25, 0.3) is 44.5 Å². The number of para-hydroxylation sites is 4. The van der Waals surface area contributed by atoms with E-state index in [1.807, 2.05) is 0 Å². The van der Waals surface area contributed by atoms with Gasteiger partial charge in [0.1, 0.15) is 0 Å². The zero-order chi connectivity index (χ0) is 52.8. The molecule has 0 saturated carbocycles. The topological polar surface area (TPSA) is 13.0 Å². The van der Waals surface area contributed by atoms with Crippen LogP contribution in [0.5, 0.6) is 0 Å². The lowest BCUT2D eigenvalue weighted by atomic mass is 9.82. The van der Waals surface area contributed by atoms with Crippen LogP contribution < -0.4 is 19.6 Å². The smallest absolute Gasteiger partial charge is 0.166 e. The van der Waals surface area contributed by atoms with Gasteiger partial charge in [-0.1, -0.05) is 201 Å². The molecule has 4 nitrogen and oxygen atoms in total. The standard InChI is InChI=1S/C74H60N4/c1-71(2)57-25-13-9-21-49(57)53-37-33-45(41-61(53)71)75-65-29-17-18-30-66(65)76(46-34-38-54-50-22-10-14-26-58(50)72(3,4)62(54)42-46)69(75)70-77(47-35-39-55-51-23-11-15-27-59(51)73(5,6)63(55)43-47)67-31-19-20-32-68(67)78(70)48-36-40-56-52-24-12-16-28-60(52)74(7,8)64(56)44-48/h9-44H,1-8H3. The van der Waals surface area contributed by atoms with Crippen molar-refractivity contribution in [1.82, 2.24) is 0 Å². The summed E-state index contributed by atoms with van der Waals surface area (Å²) < 4.78 is 0. The van der Waals surface area contributed by atoms with Crippen molar-refractivity contribution in [2.45, 2.75) is 77.0 Å². The predicted octanol–water partition coefficient (Wildman–Crippen LogP) is 19.3. The van der Waals surface area contributed by atoms with E-state index in [1.165, 1.54) is 89.0 Å². The first-order chi connectivity index (χ1) is 37.7. The van der Waals surface area contributed by atoms with Gasteiger partial charge in [-0.2, -0.15) is 0 Å². The van der Waals surface area contributed by atoms with Gasteiger partial charge in [-0.05, 0) is 162 Å². The molecule has 0 fully saturated rings. The number of hydrogen-bond acceptors (Lipinski definition) is 4. The van der Waals surface area contributed by atoms with Gasteiger partial charge in [-0.25, -0.2) is 0 Å². The Balaban J connectivity index is 1.02. The van der Waals surface area contributed by atoms with E-state index < -0.39 is 0 Å². The minimum atomic E-state index is -0.208. The Morgan fingerprint density at radius 3 is 0.628 bits per heavy atom. The lowest BCUT2D eigenvalue weighted by molar-refractivity contribution is 0.660. The molecule has 16 rings (SSSR count). The van der Waals surface area contributed by atoms with Crippen LogP contribution in [0.3, 0.4) is 0 Å². The van der Waals surface area contributed by atoms with Crippen LogP contribution in [-0.4, -0.2) is 0 Å². The maximum Gasteiger partial charge on any atom is 0.166 e. The summed E-state index contributed by atoms with van der Waals surface area (Å²) in [5.41, 5.74) is 29.5. The van der Waals surface area contributed by atoms with Crippen molar-refractivity contribution >= 4 is 45.5 Å². The van der Waals surface area contributed by atoms with E-state index in [0.29, 0.717) is 0 Å². The third kappa shape index (κ3) is 5.79. The van der Waals surface area contributed by atoms with Crippen molar-refractivity contribution in [3.05, 3.63) is 275 Å². The van der Waals surface area contributed by atoms with Gasteiger partial charge in [0.25, 0.3) is 0 Å². The normalized spacial score (nSPS) is 17.2. The molecule has 0 spiro atoms. The number of hydrogen-bond donors (Lipinski definition) is 0. The number of nitrogens with zero attached hydrogens (tertiary/aromatic N) is 4. The number of anilines is 8. The molecule has 4 aliphatic carbocycles. The van der Waals surface area contributed by atoms with Crippen LogP contribution in [0.15, 0.2) is 230 Å². The number of fused-ring (bicyclic) bond motifs is 14. The van der Waals surface area contributed by atoms with Gasteiger partial charge < -0.3 is 0 Å². The summed E-state index contributed by atoms with van der Waals surface area (Å²) in [6.45, 7) is 19.2. The number of benzene rings is 10. The van der Waals surface area contributed by atoms with E-state index in [9.17, 15) is 0 Å². The van der Waals surface area contributed by atoms with E-state index in [2.05, 4.69) is 293 Å². The lowest BCUT2D eigenvalue weighted by Gasteiger charge is -2.35. The monoisotopic (exact) mass is 1000 g/mol. The number of rotatable bonds is 4. The van der Waals surface area contributed by atoms with Crippen molar-refractivity contribution in [1.29, 1.82) is 0 Å². The molecule has 0 unspecified atom stereocenters. The van der Waals surface area contributed by atoms with Gasteiger partial charge in [-0.3, -0.25) is 19.6 Å². The fourth-order valence-corrected chi connectivity index (χ4v) is 15.1. The zero-order valence-electron chi connectivity index (χ0n) is 45.6. The molecule has 10 aromatic rings. The minimum absolute atomic E-state index is 0.208. The van der Waals surface area contributed by atoms with Gasteiger partial charge in [0.05, 0.1) is 22.7 Å². The molecule has 4 heteroatoms. The molecule has 2 aliphatic heterocycles. The Morgan fingerprint density at radius 1 is 0.205 bits per heavy atom. The van der Waals surface area contributed by atoms with E-state index in [0.717, 1.165) is 57.1 Å². The Kier molecular flexibility index (Phi) is 8.96. The molecular weight excluding hydrogens is 945 g/mol. The molecule has 0 atom stereocenters. The Hall–Kier alpha value is -8.86. The van der Waals surface area contributed by atoms with Crippen molar-refractivity contribution < 1.29 is 0 Å². The van der Waals surface area contributed by atoms with Crippen molar-refractivity contribution in [2.24, 2.45) is 0 Å². The van der Waals surface area contributed by atoms with Crippen molar-refractivity contribution in [3.63, 3.8) is 0 Å². The molecule has 6 aliphatic rings. The second-order valence-electron chi connectivity index (χ2n) is 24.6. The second-order valence-corrected chi connectivity index (χ2v) is 24.6. The molecular formula is C74H60N4. The van der Waals surface area contributed by atoms with Gasteiger partial charge in [0.2, 0.25) is 0 Å². The van der Waals surface area contributed by atoms with Gasteiger partial charge >= 0.3 is 0 Å². The fraction of sp³-hybridized carbons (Fsp3) is 0.162. The van der Waals surface area contributed by atoms with E-state index in [1.54, 1.807) is 0 Å². The first-order valence-corrected chi connectivity index (χ1v) is 27.8. The Morgan fingerprint density at radius 2 is 0.397 bits per heavy atom. The third-order valence-corrected chi connectivity index (χ3v) is 19.1. The van der Waals surface area contributed by atoms with Crippen molar-refractivity contribution in [2.75, 3.05) is 19.6 Å². The quantitative estimate of drug-likeness (QED) is 0.174. The van der Waals surface area contributed by atoms with Crippen molar-refractivity contribution in [3.8, 4) is 44.5 Å². The van der Waals surface area contributed by atoms with Gasteiger partial charge in [0.15, 0.2) is 11.6 Å². The zero-order valence-corrected chi connectivity index (χ0v) is 45.6. The summed E-state index contributed by atoms with van der Waals surface area (Å²) in [4.78, 5) is 10.3. The lowest BCUT2D eigenvalue weighted by Crippen LogP contribution is -2.34. The van der Waals surface area contributed by atoms with Crippen LogP contribution in [0.1, 0.15) is 99.9 Å². The highest BCUT2D eigenvalue weighted by Gasteiger charge is 2.48. The predicted molar refractivity (Wildman–Crippen MR) is 324 cm³/mol. The van der Waals surface area contributed by atoms with Crippen LogP contribution in [-0.2, 0) is 21.7 Å². The maximum atomic E-state index is 2.59. The molecule has 0 saturated heterocycles. The highest BCUT2D eigenvalue weighted by molar-refractivity contribution is 6.02. The van der Waals surface area contributed by atoms with E-state index >= 15 is 0 Å². The van der Waals surface area contributed by atoms with Crippen LogP contribution in [0.4, 0.5) is 45.5 Å². The van der Waals surface area contributed by atoms with Gasteiger partial charge in [-0.15, -0.1) is 0 Å².